The Balaban J connectivity index is 0.00000288. The molecule has 1 aromatic rings. The van der Waals surface area contributed by atoms with Crippen LogP contribution in [0, 0.1) is 0 Å². The van der Waals surface area contributed by atoms with E-state index in [0.717, 1.165) is 31.8 Å². The van der Waals surface area contributed by atoms with E-state index in [4.69, 9.17) is 4.74 Å². The van der Waals surface area contributed by atoms with E-state index in [1.807, 2.05) is 30.9 Å². The van der Waals surface area contributed by atoms with Gasteiger partial charge in [0.2, 0.25) is 5.91 Å². The van der Waals surface area contributed by atoms with Crippen molar-refractivity contribution >= 4 is 24.1 Å². The lowest BCUT2D eigenvalue weighted by Crippen LogP contribution is -2.52. The van der Waals surface area contributed by atoms with Crippen LogP contribution in [0.15, 0.2) is 24.3 Å². The topological polar surface area (TPSA) is 58.6 Å². The lowest BCUT2D eigenvalue weighted by Gasteiger charge is -2.34. The molecular formula is C18H27ClN2O3. The van der Waals surface area contributed by atoms with E-state index >= 15 is 0 Å². The maximum Gasteiger partial charge on any atom is 0.223 e. The highest BCUT2D eigenvalue weighted by Gasteiger charge is 2.23. The molecule has 1 amide bonds. The van der Waals surface area contributed by atoms with Crippen molar-refractivity contribution in [2.45, 2.75) is 39.2 Å². The van der Waals surface area contributed by atoms with E-state index < -0.39 is 0 Å². The molecule has 1 aliphatic rings. The summed E-state index contributed by atoms with van der Waals surface area (Å²) in [7, 11) is 0. The standard InChI is InChI=1S/C18H26N2O3.ClH/c1-3-12-23-16-6-4-15(5-7-16)17(21)8-9-18(22)20-11-10-19-13-14(20)2;/h4-7,14,19H,3,8-13H2,1-2H3;1H/t14-;/m1./s1. The second-order valence-corrected chi connectivity index (χ2v) is 5.94. The van der Waals surface area contributed by atoms with Crippen LogP contribution >= 0.6 is 12.4 Å². The first-order valence-electron chi connectivity index (χ1n) is 8.38. The third-order valence-electron chi connectivity index (χ3n) is 4.04. The van der Waals surface area contributed by atoms with Gasteiger partial charge in [-0.15, -0.1) is 12.4 Å². The average Bonchev–Trinajstić information content (AvgIpc) is 2.58. The summed E-state index contributed by atoms with van der Waals surface area (Å²) in [6, 6.07) is 7.35. The molecule has 2 rings (SSSR count). The fourth-order valence-electron chi connectivity index (χ4n) is 2.68. The molecule has 134 valence electrons. The lowest BCUT2D eigenvalue weighted by atomic mass is 10.1. The maximum atomic E-state index is 12.2. The van der Waals surface area contributed by atoms with Gasteiger partial charge in [0.15, 0.2) is 5.78 Å². The number of nitrogens with zero attached hydrogens (tertiary/aromatic N) is 1. The fourth-order valence-corrected chi connectivity index (χ4v) is 2.68. The largest absolute Gasteiger partial charge is 0.494 e. The van der Waals surface area contributed by atoms with Crippen LogP contribution in [0.3, 0.4) is 0 Å². The maximum absolute atomic E-state index is 12.2. The molecule has 1 atom stereocenters. The predicted octanol–water partition coefficient (Wildman–Crippen LogP) is 2.68. The van der Waals surface area contributed by atoms with Crippen molar-refractivity contribution in [3.05, 3.63) is 29.8 Å². The molecule has 1 heterocycles. The van der Waals surface area contributed by atoms with E-state index in [-0.39, 0.29) is 43.0 Å². The fraction of sp³-hybridized carbons (Fsp3) is 0.556. The van der Waals surface area contributed by atoms with Gasteiger partial charge in [-0.2, -0.15) is 0 Å². The number of hydrogen-bond donors (Lipinski definition) is 1. The predicted molar refractivity (Wildman–Crippen MR) is 97.1 cm³/mol. The summed E-state index contributed by atoms with van der Waals surface area (Å²) in [5.41, 5.74) is 0.634. The van der Waals surface area contributed by atoms with Gasteiger partial charge in [0.25, 0.3) is 0 Å². The van der Waals surface area contributed by atoms with Crippen LogP contribution in [-0.4, -0.2) is 48.9 Å². The molecule has 0 spiro atoms. The zero-order valence-corrected chi connectivity index (χ0v) is 15.2. The third kappa shape index (κ3) is 5.80. The van der Waals surface area contributed by atoms with Crippen molar-refractivity contribution < 1.29 is 14.3 Å². The molecule has 0 unspecified atom stereocenters. The van der Waals surface area contributed by atoms with Gasteiger partial charge < -0.3 is 15.0 Å². The number of carbonyl (C=O) groups excluding carboxylic acids is 2. The minimum Gasteiger partial charge on any atom is -0.494 e. The highest BCUT2D eigenvalue weighted by atomic mass is 35.5. The smallest absolute Gasteiger partial charge is 0.223 e. The van der Waals surface area contributed by atoms with Gasteiger partial charge in [-0.05, 0) is 37.6 Å². The number of piperazine rings is 1. The molecule has 1 fully saturated rings. The van der Waals surface area contributed by atoms with E-state index in [2.05, 4.69) is 5.32 Å². The number of rotatable bonds is 7. The van der Waals surface area contributed by atoms with Gasteiger partial charge in [0.1, 0.15) is 5.75 Å². The molecule has 0 bridgehead atoms. The number of benzene rings is 1. The van der Waals surface area contributed by atoms with Crippen LogP contribution in [0.5, 0.6) is 5.75 Å². The number of ether oxygens (including phenoxy) is 1. The molecule has 1 aromatic carbocycles. The number of hydrogen-bond acceptors (Lipinski definition) is 4. The van der Waals surface area contributed by atoms with Crippen molar-refractivity contribution in [3.8, 4) is 5.75 Å². The molecule has 24 heavy (non-hydrogen) atoms. The van der Waals surface area contributed by atoms with Crippen LogP contribution in [0.25, 0.3) is 0 Å². The summed E-state index contributed by atoms with van der Waals surface area (Å²) in [4.78, 5) is 26.3. The number of ketones is 1. The number of Topliss-reactive ketones (excluding diaryl/α,β-unsaturated/α-hetero) is 1. The van der Waals surface area contributed by atoms with Crippen molar-refractivity contribution in [1.82, 2.24) is 10.2 Å². The summed E-state index contributed by atoms with van der Waals surface area (Å²) >= 11 is 0. The summed E-state index contributed by atoms with van der Waals surface area (Å²) in [5, 5.41) is 3.26. The van der Waals surface area contributed by atoms with Crippen molar-refractivity contribution in [1.29, 1.82) is 0 Å². The molecule has 1 aliphatic heterocycles. The van der Waals surface area contributed by atoms with Gasteiger partial charge in [-0.25, -0.2) is 0 Å². The molecule has 1 N–H and O–H groups in total. The Morgan fingerprint density at radius 1 is 1.25 bits per heavy atom. The molecule has 0 radical (unpaired) electrons. The minimum atomic E-state index is 0. The first kappa shape index (κ1) is 20.5. The van der Waals surface area contributed by atoms with E-state index in [0.29, 0.717) is 12.2 Å². The molecule has 0 saturated carbocycles. The van der Waals surface area contributed by atoms with E-state index in [1.165, 1.54) is 0 Å². The lowest BCUT2D eigenvalue weighted by molar-refractivity contribution is -0.133. The molecule has 0 aromatic heterocycles. The SMILES string of the molecule is CCCOc1ccc(C(=O)CCC(=O)N2CCNC[C@H]2C)cc1.Cl. The molecule has 1 saturated heterocycles. The zero-order valence-electron chi connectivity index (χ0n) is 14.4. The summed E-state index contributed by atoms with van der Waals surface area (Å²) in [5.74, 6) is 0.840. The summed E-state index contributed by atoms with van der Waals surface area (Å²) < 4.78 is 5.50. The van der Waals surface area contributed by atoms with Gasteiger partial charge >= 0.3 is 0 Å². The van der Waals surface area contributed by atoms with Crippen molar-refractivity contribution in [3.63, 3.8) is 0 Å². The first-order valence-corrected chi connectivity index (χ1v) is 8.38. The Morgan fingerprint density at radius 3 is 2.58 bits per heavy atom. The van der Waals surface area contributed by atoms with E-state index in [1.54, 1.807) is 12.1 Å². The van der Waals surface area contributed by atoms with Gasteiger partial charge in [-0.3, -0.25) is 9.59 Å². The Kier molecular flexibility index (Phi) is 8.79. The van der Waals surface area contributed by atoms with Crippen LogP contribution in [0.1, 0.15) is 43.5 Å². The van der Waals surface area contributed by atoms with Crippen LogP contribution in [0.4, 0.5) is 0 Å². The molecule has 6 heteroatoms. The van der Waals surface area contributed by atoms with Crippen molar-refractivity contribution in [2.75, 3.05) is 26.2 Å². The second-order valence-electron chi connectivity index (χ2n) is 5.94. The highest BCUT2D eigenvalue weighted by Crippen LogP contribution is 2.15. The second kappa shape index (κ2) is 10.3. The quantitative estimate of drug-likeness (QED) is 0.765. The Labute approximate surface area is 150 Å². The van der Waals surface area contributed by atoms with Gasteiger partial charge in [-0.1, -0.05) is 6.92 Å². The van der Waals surface area contributed by atoms with Crippen molar-refractivity contribution in [2.24, 2.45) is 0 Å². The Hall–Kier alpha value is -1.59. The normalized spacial score (nSPS) is 17.1. The zero-order chi connectivity index (χ0) is 16.7. The molecule has 0 aliphatic carbocycles. The van der Waals surface area contributed by atoms with Crippen LogP contribution < -0.4 is 10.1 Å². The third-order valence-corrected chi connectivity index (χ3v) is 4.04. The first-order chi connectivity index (χ1) is 11.1. The number of nitrogens with one attached hydrogen (secondary N) is 1. The van der Waals surface area contributed by atoms with E-state index in [9.17, 15) is 9.59 Å². The molecule has 5 nitrogen and oxygen atoms in total. The van der Waals surface area contributed by atoms with Gasteiger partial charge in [0.05, 0.1) is 6.61 Å². The van der Waals surface area contributed by atoms with Crippen LogP contribution in [-0.2, 0) is 4.79 Å². The minimum absolute atomic E-state index is 0. The highest BCUT2D eigenvalue weighted by molar-refractivity contribution is 5.98. The average molecular weight is 355 g/mol. The monoisotopic (exact) mass is 354 g/mol. The number of amides is 1. The summed E-state index contributed by atoms with van der Waals surface area (Å²) in [6.07, 6.45) is 1.48. The van der Waals surface area contributed by atoms with Gasteiger partial charge in [0, 0.05) is 44.1 Å². The number of carbonyl (C=O) groups is 2. The molecular weight excluding hydrogens is 328 g/mol. The number of halogens is 1. The summed E-state index contributed by atoms with van der Waals surface area (Å²) in [6.45, 7) is 7.11. The van der Waals surface area contributed by atoms with Crippen LogP contribution in [0.2, 0.25) is 0 Å². The Bertz CT molecular complexity index is 534. The Morgan fingerprint density at radius 2 is 1.96 bits per heavy atom.